The van der Waals surface area contributed by atoms with E-state index in [1.54, 1.807) is 6.92 Å². The second kappa shape index (κ2) is 7.17. The number of hydrogen-bond acceptors (Lipinski definition) is 4. The lowest BCUT2D eigenvalue weighted by Gasteiger charge is -2.20. The van der Waals surface area contributed by atoms with Crippen LogP contribution in [-0.2, 0) is 0 Å². The van der Waals surface area contributed by atoms with Gasteiger partial charge < -0.3 is 10.4 Å². The normalized spacial score (nSPS) is 14.4. The summed E-state index contributed by atoms with van der Waals surface area (Å²) in [6.45, 7) is 10.6. The van der Waals surface area contributed by atoms with E-state index in [1.807, 2.05) is 0 Å². The van der Waals surface area contributed by atoms with Gasteiger partial charge in [0, 0.05) is 18.9 Å². The molecule has 86 valence electrons. The van der Waals surface area contributed by atoms with Crippen molar-refractivity contribution in [1.29, 1.82) is 0 Å². The Hall–Kier alpha value is -0.160. The lowest BCUT2D eigenvalue weighted by atomic mass is 10.1. The molecular formula is C10H25N3O. The summed E-state index contributed by atoms with van der Waals surface area (Å²) in [6.07, 6.45) is 0.587. The molecule has 0 saturated carbocycles. The fourth-order valence-corrected chi connectivity index (χ4v) is 0.878. The zero-order valence-corrected chi connectivity index (χ0v) is 9.85. The number of aliphatic hydroxyl groups excluding tert-OH is 1. The Morgan fingerprint density at radius 1 is 1.14 bits per heavy atom. The molecule has 0 heterocycles. The van der Waals surface area contributed by atoms with E-state index >= 15 is 0 Å². The van der Waals surface area contributed by atoms with Crippen LogP contribution in [0.5, 0.6) is 0 Å². The minimum absolute atomic E-state index is 0.159. The van der Waals surface area contributed by atoms with Crippen molar-refractivity contribution in [2.75, 3.05) is 19.9 Å². The minimum atomic E-state index is -0.213. The summed E-state index contributed by atoms with van der Waals surface area (Å²) >= 11 is 0. The van der Waals surface area contributed by atoms with Gasteiger partial charge in [0.15, 0.2) is 0 Å². The number of hydrogen-bond donors (Lipinski definition) is 4. The molecule has 0 aliphatic rings. The lowest BCUT2D eigenvalue weighted by molar-refractivity contribution is 0.183. The van der Waals surface area contributed by atoms with Gasteiger partial charge in [-0.1, -0.05) is 0 Å². The SMILES string of the molecule is CC(O)CCNCNCNC(C)(C)C. The maximum absolute atomic E-state index is 8.99. The number of rotatable bonds is 7. The van der Waals surface area contributed by atoms with Crippen LogP contribution < -0.4 is 16.0 Å². The second-order valence-electron chi connectivity index (χ2n) is 4.67. The fraction of sp³-hybridized carbons (Fsp3) is 1.00. The van der Waals surface area contributed by atoms with Crippen LogP contribution in [0.1, 0.15) is 34.1 Å². The zero-order chi connectivity index (χ0) is 11.0. The van der Waals surface area contributed by atoms with Crippen LogP contribution in [0, 0.1) is 0 Å². The Balaban J connectivity index is 3.07. The van der Waals surface area contributed by atoms with Crippen molar-refractivity contribution in [2.24, 2.45) is 0 Å². The summed E-state index contributed by atoms with van der Waals surface area (Å²) in [7, 11) is 0. The number of aliphatic hydroxyl groups is 1. The van der Waals surface area contributed by atoms with E-state index in [1.165, 1.54) is 0 Å². The van der Waals surface area contributed by atoms with Crippen LogP contribution >= 0.6 is 0 Å². The lowest BCUT2D eigenvalue weighted by Crippen LogP contribution is -2.44. The van der Waals surface area contributed by atoms with Gasteiger partial charge in [-0.2, -0.15) is 0 Å². The first-order valence-corrected chi connectivity index (χ1v) is 5.26. The molecule has 0 radical (unpaired) electrons. The third-order valence-electron chi connectivity index (χ3n) is 1.73. The van der Waals surface area contributed by atoms with Gasteiger partial charge in [0.2, 0.25) is 0 Å². The molecular weight excluding hydrogens is 178 g/mol. The third-order valence-corrected chi connectivity index (χ3v) is 1.73. The van der Waals surface area contributed by atoms with E-state index < -0.39 is 0 Å². The molecule has 0 fully saturated rings. The van der Waals surface area contributed by atoms with E-state index in [0.29, 0.717) is 0 Å². The minimum Gasteiger partial charge on any atom is -0.393 e. The van der Waals surface area contributed by atoms with Gasteiger partial charge >= 0.3 is 0 Å². The van der Waals surface area contributed by atoms with Crippen molar-refractivity contribution < 1.29 is 5.11 Å². The van der Waals surface area contributed by atoms with Crippen molar-refractivity contribution in [3.05, 3.63) is 0 Å². The highest BCUT2D eigenvalue weighted by atomic mass is 16.3. The van der Waals surface area contributed by atoms with Gasteiger partial charge in [-0.25, -0.2) is 0 Å². The van der Waals surface area contributed by atoms with E-state index in [0.717, 1.165) is 26.3 Å². The summed E-state index contributed by atoms with van der Waals surface area (Å²) in [6, 6.07) is 0. The standard InChI is InChI=1S/C10H25N3O/c1-9(14)5-6-11-7-12-8-13-10(2,3)4/h9,11-14H,5-8H2,1-4H3. The largest absolute Gasteiger partial charge is 0.393 e. The van der Waals surface area contributed by atoms with Gasteiger partial charge in [-0.15, -0.1) is 0 Å². The summed E-state index contributed by atoms with van der Waals surface area (Å²) < 4.78 is 0. The van der Waals surface area contributed by atoms with Gasteiger partial charge in [0.05, 0.1) is 6.10 Å². The first-order chi connectivity index (χ1) is 6.42. The molecule has 1 atom stereocenters. The fourth-order valence-electron chi connectivity index (χ4n) is 0.878. The molecule has 0 rings (SSSR count). The van der Waals surface area contributed by atoms with Crippen LogP contribution in [0.2, 0.25) is 0 Å². The van der Waals surface area contributed by atoms with Crippen molar-refractivity contribution in [1.82, 2.24) is 16.0 Å². The topological polar surface area (TPSA) is 56.3 Å². The molecule has 4 N–H and O–H groups in total. The van der Waals surface area contributed by atoms with Crippen LogP contribution in [0.15, 0.2) is 0 Å². The Kier molecular flexibility index (Phi) is 7.09. The Morgan fingerprint density at radius 3 is 2.29 bits per heavy atom. The van der Waals surface area contributed by atoms with Crippen molar-refractivity contribution >= 4 is 0 Å². The molecule has 0 aromatic heterocycles. The first-order valence-electron chi connectivity index (χ1n) is 5.26. The van der Waals surface area contributed by atoms with Gasteiger partial charge in [-0.05, 0) is 40.7 Å². The molecule has 0 bridgehead atoms. The molecule has 0 spiro atoms. The molecule has 0 amide bonds. The molecule has 0 saturated heterocycles. The molecule has 0 aliphatic heterocycles. The smallest absolute Gasteiger partial charge is 0.0524 e. The summed E-state index contributed by atoms with van der Waals surface area (Å²) in [5.74, 6) is 0. The predicted molar refractivity (Wildman–Crippen MR) is 60.1 cm³/mol. The van der Waals surface area contributed by atoms with Gasteiger partial charge in [0.1, 0.15) is 0 Å². The van der Waals surface area contributed by atoms with E-state index in [2.05, 4.69) is 36.7 Å². The van der Waals surface area contributed by atoms with Crippen molar-refractivity contribution in [2.45, 2.75) is 45.8 Å². The molecule has 0 aromatic carbocycles. The zero-order valence-electron chi connectivity index (χ0n) is 9.85. The van der Waals surface area contributed by atoms with Crippen LogP contribution in [0.25, 0.3) is 0 Å². The Bertz CT molecular complexity index is 132. The highest BCUT2D eigenvalue weighted by Gasteiger charge is 2.06. The maximum atomic E-state index is 8.99. The van der Waals surface area contributed by atoms with Crippen LogP contribution in [0.4, 0.5) is 0 Å². The van der Waals surface area contributed by atoms with E-state index in [-0.39, 0.29) is 11.6 Å². The highest BCUT2D eigenvalue weighted by Crippen LogP contribution is 1.95. The monoisotopic (exact) mass is 203 g/mol. The average molecular weight is 203 g/mol. The Labute approximate surface area is 87.5 Å². The average Bonchev–Trinajstić information content (AvgIpc) is 2.00. The van der Waals surface area contributed by atoms with E-state index in [4.69, 9.17) is 5.11 Å². The summed E-state index contributed by atoms with van der Waals surface area (Å²) in [4.78, 5) is 0. The summed E-state index contributed by atoms with van der Waals surface area (Å²) in [5.41, 5.74) is 0.159. The Morgan fingerprint density at radius 2 is 1.79 bits per heavy atom. The second-order valence-corrected chi connectivity index (χ2v) is 4.67. The number of nitrogens with one attached hydrogen (secondary N) is 3. The first kappa shape index (κ1) is 13.8. The molecule has 14 heavy (non-hydrogen) atoms. The van der Waals surface area contributed by atoms with Gasteiger partial charge in [0.25, 0.3) is 0 Å². The van der Waals surface area contributed by atoms with Crippen molar-refractivity contribution in [3.63, 3.8) is 0 Å². The van der Waals surface area contributed by atoms with Gasteiger partial charge in [-0.3, -0.25) is 10.6 Å². The predicted octanol–water partition coefficient (Wildman–Crippen LogP) is 0.240. The highest BCUT2D eigenvalue weighted by molar-refractivity contribution is 4.68. The van der Waals surface area contributed by atoms with E-state index in [9.17, 15) is 0 Å². The molecule has 4 heteroatoms. The molecule has 1 unspecified atom stereocenters. The maximum Gasteiger partial charge on any atom is 0.0524 e. The third kappa shape index (κ3) is 11.8. The molecule has 0 aliphatic carbocycles. The molecule has 4 nitrogen and oxygen atoms in total. The summed E-state index contributed by atoms with van der Waals surface area (Å²) in [5, 5.41) is 18.7. The van der Waals surface area contributed by atoms with Crippen LogP contribution in [0.3, 0.4) is 0 Å². The quantitative estimate of drug-likeness (QED) is 0.354. The molecule has 0 aromatic rings. The van der Waals surface area contributed by atoms with Crippen LogP contribution in [-0.4, -0.2) is 36.6 Å². The van der Waals surface area contributed by atoms with Crippen molar-refractivity contribution in [3.8, 4) is 0 Å².